The van der Waals surface area contributed by atoms with Gasteiger partial charge in [0.2, 0.25) is 0 Å². The first-order chi connectivity index (χ1) is 13.3. The number of carbonyl (C=O) groups excluding carboxylic acids is 2. The van der Waals surface area contributed by atoms with Crippen molar-refractivity contribution in [1.82, 2.24) is 0 Å². The van der Waals surface area contributed by atoms with Crippen LogP contribution < -0.4 is 4.90 Å². The van der Waals surface area contributed by atoms with Gasteiger partial charge in [-0.1, -0.05) is 30.3 Å². The van der Waals surface area contributed by atoms with Gasteiger partial charge in [0.1, 0.15) is 5.75 Å². The molecule has 0 spiro atoms. The number of esters is 1. The number of sulfone groups is 1. The molecule has 1 N–H and O–H groups in total. The van der Waals surface area contributed by atoms with E-state index >= 15 is 0 Å². The Labute approximate surface area is 163 Å². The number of rotatable bonds is 6. The molecule has 1 atom stereocenters. The second-order valence-electron chi connectivity index (χ2n) is 6.66. The van der Waals surface area contributed by atoms with E-state index in [9.17, 15) is 23.1 Å². The summed E-state index contributed by atoms with van der Waals surface area (Å²) < 4.78 is 28.8. The van der Waals surface area contributed by atoms with Gasteiger partial charge < -0.3 is 14.7 Å². The summed E-state index contributed by atoms with van der Waals surface area (Å²) in [6, 6.07) is 14.4. The quantitative estimate of drug-likeness (QED) is 0.737. The van der Waals surface area contributed by atoms with Crippen LogP contribution in [-0.2, 0) is 30.6 Å². The molecule has 1 fully saturated rings. The molecule has 0 saturated carbocycles. The van der Waals surface area contributed by atoms with E-state index in [2.05, 4.69) is 0 Å². The maximum atomic E-state index is 12.8. The van der Waals surface area contributed by atoms with Crippen molar-refractivity contribution in [3.63, 3.8) is 0 Å². The van der Waals surface area contributed by atoms with Gasteiger partial charge in [0, 0.05) is 5.69 Å². The van der Waals surface area contributed by atoms with Crippen molar-refractivity contribution in [1.29, 1.82) is 0 Å². The van der Waals surface area contributed by atoms with Crippen LogP contribution in [0.1, 0.15) is 12.0 Å². The van der Waals surface area contributed by atoms with E-state index < -0.39 is 34.4 Å². The van der Waals surface area contributed by atoms with E-state index in [1.165, 1.54) is 17.0 Å². The Kier molecular flexibility index (Phi) is 5.99. The number of aromatic hydroxyl groups is 1. The molecule has 1 heterocycles. The first-order valence-corrected chi connectivity index (χ1v) is 10.7. The number of ether oxygens (including phenoxy) is 1. The summed E-state index contributed by atoms with van der Waals surface area (Å²) in [4.78, 5) is 26.2. The Morgan fingerprint density at radius 1 is 1.07 bits per heavy atom. The summed E-state index contributed by atoms with van der Waals surface area (Å²) in [7, 11) is -3.18. The molecule has 1 aliphatic heterocycles. The first kappa shape index (κ1) is 19.9. The Balaban J connectivity index is 1.66. The van der Waals surface area contributed by atoms with Crippen LogP contribution in [0.15, 0.2) is 54.6 Å². The van der Waals surface area contributed by atoms with Crippen molar-refractivity contribution in [2.45, 2.75) is 18.9 Å². The van der Waals surface area contributed by atoms with Gasteiger partial charge in [-0.25, -0.2) is 8.42 Å². The molecule has 1 saturated heterocycles. The van der Waals surface area contributed by atoms with E-state index in [-0.39, 0.29) is 23.7 Å². The van der Waals surface area contributed by atoms with E-state index in [0.717, 1.165) is 0 Å². The lowest BCUT2D eigenvalue weighted by Crippen LogP contribution is -2.43. The molecule has 0 aromatic heterocycles. The number of amides is 1. The number of hydrogen-bond acceptors (Lipinski definition) is 6. The number of para-hydroxylation sites is 1. The topological polar surface area (TPSA) is 101 Å². The number of benzene rings is 2. The summed E-state index contributed by atoms with van der Waals surface area (Å²) in [5.74, 6) is -1.01. The van der Waals surface area contributed by atoms with E-state index in [4.69, 9.17) is 4.74 Å². The maximum absolute atomic E-state index is 12.8. The third kappa shape index (κ3) is 5.10. The molecule has 148 valence electrons. The summed E-state index contributed by atoms with van der Waals surface area (Å²) in [6.45, 7) is -0.470. The minimum Gasteiger partial charge on any atom is -0.508 e. The van der Waals surface area contributed by atoms with Crippen LogP contribution in [0.2, 0.25) is 0 Å². The van der Waals surface area contributed by atoms with Gasteiger partial charge in [-0.2, -0.15) is 0 Å². The summed E-state index contributed by atoms with van der Waals surface area (Å²) >= 11 is 0. The molecule has 7 nitrogen and oxygen atoms in total. The Morgan fingerprint density at radius 3 is 2.36 bits per heavy atom. The number of nitrogens with zero attached hydrogens (tertiary/aromatic N) is 1. The molecule has 0 radical (unpaired) electrons. The fourth-order valence-electron chi connectivity index (χ4n) is 3.17. The highest BCUT2D eigenvalue weighted by Crippen LogP contribution is 2.24. The fraction of sp³-hybridized carbons (Fsp3) is 0.300. The minimum atomic E-state index is -3.18. The van der Waals surface area contributed by atoms with Crippen LogP contribution in [0.4, 0.5) is 5.69 Å². The molecule has 1 aliphatic rings. The zero-order chi connectivity index (χ0) is 20.1. The number of carbonyl (C=O) groups is 2. The normalized spacial score (nSPS) is 17.8. The molecule has 28 heavy (non-hydrogen) atoms. The first-order valence-electron chi connectivity index (χ1n) is 8.85. The number of phenolic OH excluding ortho intramolecular Hbond substituents is 1. The standard InChI is InChI=1S/C20H21NO6S/c22-18-8-6-15(7-9-18)12-20(24)27-13-19(23)21(16-4-2-1-3-5-16)17-10-11-28(25,26)14-17/h1-9,17,22H,10-14H2/t17-/m0/s1. The SMILES string of the molecule is O=C(Cc1ccc(O)cc1)OCC(=O)N(c1ccccc1)[C@H]1CCS(=O)(=O)C1. The number of hydrogen-bond donors (Lipinski definition) is 1. The van der Waals surface area contributed by atoms with Crippen molar-refractivity contribution in [3.8, 4) is 5.75 Å². The second-order valence-corrected chi connectivity index (χ2v) is 8.89. The smallest absolute Gasteiger partial charge is 0.310 e. The molecule has 0 unspecified atom stereocenters. The van der Waals surface area contributed by atoms with Gasteiger partial charge in [0.25, 0.3) is 5.91 Å². The van der Waals surface area contributed by atoms with Gasteiger partial charge in [-0.15, -0.1) is 0 Å². The Hall–Kier alpha value is -2.87. The van der Waals surface area contributed by atoms with Gasteiger partial charge >= 0.3 is 5.97 Å². The average molecular weight is 403 g/mol. The predicted molar refractivity (Wildman–Crippen MR) is 104 cm³/mol. The highest BCUT2D eigenvalue weighted by atomic mass is 32.2. The summed E-state index contributed by atoms with van der Waals surface area (Å²) in [5.41, 5.74) is 1.22. The number of phenols is 1. The van der Waals surface area contributed by atoms with Crippen molar-refractivity contribution >= 4 is 27.4 Å². The highest BCUT2D eigenvalue weighted by molar-refractivity contribution is 7.91. The zero-order valence-electron chi connectivity index (χ0n) is 15.2. The maximum Gasteiger partial charge on any atom is 0.310 e. The third-order valence-corrected chi connectivity index (χ3v) is 6.27. The van der Waals surface area contributed by atoms with E-state index in [0.29, 0.717) is 17.7 Å². The summed E-state index contributed by atoms with van der Waals surface area (Å²) in [5, 5.41) is 9.27. The monoisotopic (exact) mass is 403 g/mol. The molecule has 1 amide bonds. The van der Waals surface area contributed by atoms with E-state index in [1.807, 2.05) is 0 Å². The summed E-state index contributed by atoms with van der Waals surface area (Å²) in [6.07, 6.45) is 0.321. The van der Waals surface area contributed by atoms with Gasteiger partial charge in [0.15, 0.2) is 16.4 Å². The molecular formula is C20H21NO6S. The van der Waals surface area contributed by atoms with Crippen LogP contribution in [0.25, 0.3) is 0 Å². The van der Waals surface area contributed by atoms with Crippen molar-refractivity contribution in [3.05, 3.63) is 60.2 Å². The molecule has 8 heteroatoms. The van der Waals surface area contributed by atoms with Crippen LogP contribution in [-0.4, -0.2) is 49.6 Å². The van der Waals surface area contributed by atoms with Crippen LogP contribution >= 0.6 is 0 Å². The molecular weight excluding hydrogens is 382 g/mol. The molecule has 0 aliphatic carbocycles. The van der Waals surface area contributed by atoms with Crippen molar-refractivity contribution < 1.29 is 27.9 Å². The lowest BCUT2D eigenvalue weighted by molar-refractivity contribution is -0.147. The molecule has 3 rings (SSSR count). The highest BCUT2D eigenvalue weighted by Gasteiger charge is 2.35. The molecule has 2 aromatic carbocycles. The lowest BCUT2D eigenvalue weighted by Gasteiger charge is -2.28. The van der Waals surface area contributed by atoms with Crippen molar-refractivity contribution in [2.75, 3.05) is 23.0 Å². The largest absolute Gasteiger partial charge is 0.508 e. The molecule has 2 aromatic rings. The number of anilines is 1. The zero-order valence-corrected chi connectivity index (χ0v) is 16.0. The fourth-order valence-corrected chi connectivity index (χ4v) is 4.87. The van der Waals surface area contributed by atoms with Crippen molar-refractivity contribution in [2.24, 2.45) is 0 Å². The third-order valence-electron chi connectivity index (χ3n) is 4.52. The van der Waals surface area contributed by atoms with Crippen LogP contribution in [0.5, 0.6) is 5.75 Å². The minimum absolute atomic E-state index is 0.0310. The van der Waals surface area contributed by atoms with E-state index in [1.54, 1.807) is 42.5 Å². The second kappa shape index (κ2) is 8.43. The molecule has 0 bridgehead atoms. The van der Waals surface area contributed by atoms with Gasteiger partial charge in [-0.05, 0) is 36.2 Å². The van der Waals surface area contributed by atoms with Crippen LogP contribution in [0.3, 0.4) is 0 Å². The Bertz CT molecular complexity index is 940. The van der Waals surface area contributed by atoms with Crippen LogP contribution in [0, 0.1) is 0 Å². The lowest BCUT2D eigenvalue weighted by atomic mass is 10.1. The Morgan fingerprint density at radius 2 is 1.75 bits per heavy atom. The van der Waals surface area contributed by atoms with Gasteiger partial charge in [-0.3, -0.25) is 9.59 Å². The predicted octanol–water partition coefficient (Wildman–Crippen LogP) is 1.70. The van der Waals surface area contributed by atoms with Gasteiger partial charge in [0.05, 0.1) is 24.0 Å². The average Bonchev–Trinajstić information content (AvgIpc) is 3.02.